The van der Waals surface area contributed by atoms with E-state index in [0.717, 1.165) is 24.3 Å². The Balaban J connectivity index is 2.62. The summed E-state index contributed by atoms with van der Waals surface area (Å²) in [6.45, 7) is 6.13. The first-order valence-electron chi connectivity index (χ1n) is 10.3. The molecule has 0 atom stereocenters. The van der Waals surface area contributed by atoms with Crippen LogP contribution < -0.4 is 16.8 Å². The summed E-state index contributed by atoms with van der Waals surface area (Å²) in [5, 5.41) is 9.95. The standard InChI is InChI=1S/C21H23N5O10S3/c1-3-4-17(19(11-13(2)22)24-21(23)27)25-26-18-8-5-14-12-15(6-7-16(14)20(18)38(30,31)32)37(28,29)10-9-36-39(33,34)35/h3-8,11-12H,1-2,9-10,22H2,(H3,23,24,27)(H,30,31,32)(H,33,34,35)/b17-4+,19-11+,26-25?. The van der Waals surface area contributed by atoms with Crippen LogP contribution in [0.15, 0.2) is 98.8 Å². The fourth-order valence-corrected chi connectivity index (χ4v) is 5.42. The first-order valence-corrected chi connectivity index (χ1v) is 14.8. The van der Waals surface area contributed by atoms with E-state index in [1.54, 1.807) is 0 Å². The monoisotopic (exact) mass is 601 g/mol. The van der Waals surface area contributed by atoms with Crippen LogP contribution in [-0.4, -0.2) is 52.7 Å². The van der Waals surface area contributed by atoms with Crippen molar-refractivity contribution in [1.29, 1.82) is 0 Å². The molecule has 0 aliphatic carbocycles. The zero-order valence-electron chi connectivity index (χ0n) is 19.9. The minimum Gasteiger partial charge on any atom is -0.399 e. The highest BCUT2D eigenvalue weighted by molar-refractivity contribution is 7.91. The molecule has 0 aliphatic heterocycles. The van der Waals surface area contributed by atoms with Crippen molar-refractivity contribution < 1.29 is 43.3 Å². The van der Waals surface area contributed by atoms with E-state index in [0.29, 0.717) is 0 Å². The highest BCUT2D eigenvalue weighted by atomic mass is 32.3. The molecule has 0 unspecified atom stereocenters. The normalized spacial score (nSPS) is 13.5. The maximum absolute atomic E-state index is 12.5. The number of benzene rings is 2. The molecule has 210 valence electrons. The minimum atomic E-state index is -4.95. The maximum Gasteiger partial charge on any atom is 0.397 e. The number of carbonyl (C=O) groups excluding carboxylic acids is 1. The molecule has 0 spiro atoms. The van der Waals surface area contributed by atoms with Crippen molar-refractivity contribution in [3.05, 3.63) is 78.8 Å². The second-order valence-corrected chi connectivity index (χ2v) is 12.0. The number of fused-ring (bicyclic) bond motifs is 1. The highest BCUT2D eigenvalue weighted by Crippen LogP contribution is 2.34. The van der Waals surface area contributed by atoms with Crippen molar-refractivity contribution >= 4 is 52.8 Å². The minimum absolute atomic E-state index is 0.00328. The maximum atomic E-state index is 12.5. The van der Waals surface area contributed by atoms with Gasteiger partial charge in [0, 0.05) is 11.1 Å². The first kappa shape index (κ1) is 31.3. The third kappa shape index (κ3) is 9.09. The van der Waals surface area contributed by atoms with Crippen LogP contribution >= 0.6 is 0 Å². The Labute approximate surface area is 223 Å². The van der Waals surface area contributed by atoms with Gasteiger partial charge in [-0.25, -0.2) is 17.4 Å². The number of nitrogens with one attached hydrogen (secondary N) is 1. The van der Waals surface area contributed by atoms with E-state index in [9.17, 15) is 34.6 Å². The topological polar surface area (TPSA) is 258 Å². The predicted octanol–water partition coefficient (Wildman–Crippen LogP) is 1.86. The van der Waals surface area contributed by atoms with E-state index in [1.165, 1.54) is 24.3 Å². The van der Waals surface area contributed by atoms with Crippen molar-refractivity contribution in [1.82, 2.24) is 5.32 Å². The zero-order chi connectivity index (χ0) is 29.6. The number of amides is 2. The number of urea groups is 1. The summed E-state index contributed by atoms with van der Waals surface area (Å²) >= 11 is 0. The molecule has 0 aliphatic rings. The molecule has 18 heteroatoms. The SMILES string of the molecule is C=C/C=C(N=Nc1ccc2cc(S(=O)(=O)CCOS(=O)(=O)O)ccc2c1S(=O)(=O)O)\C(=C/C(=C)N)NC(N)=O. The first-order chi connectivity index (χ1) is 17.9. The Morgan fingerprint density at radius 1 is 1.08 bits per heavy atom. The van der Waals surface area contributed by atoms with Gasteiger partial charge in [-0.05, 0) is 35.7 Å². The lowest BCUT2D eigenvalue weighted by atomic mass is 10.1. The van der Waals surface area contributed by atoms with Gasteiger partial charge < -0.3 is 16.8 Å². The number of primary amides is 1. The Bertz CT molecular complexity index is 1740. The van der Waals surface area contributed by atoms with E-state index in [2.05, 4.69) is 32.9 Å². The molecule has 0 radical (unpaired) electrons. The van der Waals surface area contributed by atoms with Crippen molar-refractivity contribution in [2.45, 2.75) is 9.79 Å². The molecule has 7 N–H and O–H groups in total. The van der Waals surface area contributed by atoms with Crippen molar-refractivity contribution in [3.63, 3.8) is 0 Å². The molecule has 2 aromatic carbocycles. The van der Waals surface area contributed by atoms with Gasteiger partial charge in [-0.3, -0.25) is 9.11 Å². The summed E-state index contributed by atoms with van der Waals surface area (Å²) in [5.41, 5.74) is 10.2. The molecule has 2 amide bonds. The Kier molecular flexibility index (Phi) is 9.85. The quantitative estimate of drug-likeness (QED) is 0.133. The van der Waals surface area contributed by atoms with Crippen LogP contribution in [0.3, 0.4) is 0 Å². The van der Waals surface area contributed by atoms with Crippen LogP contribution in [0, 0.1) is 0 Å². The highest BCUT2D eigenvalue weighted by Gasteiger charge is 2.23. The van der Waals surface area contributed by atoms with Gasteiger partial charge in [0.2, 0.25) is 0 Å². The summed E-state index contributed by atoms with van der Waals surface area (Å²) in [6.07, 6.45) is 3.76. The molecule has 0 heterocycles. The van der Waals surface area contributed by atoms with Crippen molar-refractivity contribution in [3.8, 4) is 0 Å². The van der Waals surface area contributed by atoms with Gasteiger partial charge in [0.25, 0.3) is 10.1 Å². The molecule has 0 aromatic heterocycles. The van der Waals surface area contributed by atoms with Crippen molar-refractivity contribution in [2.75, 3.05) is 12.4 Å². The molecule has 2 rings (SSSR count). The predicted molar refractivity (Wildman–Crippen MR) is 140 cm³/mol. The number of nitrogens with zero attached hydrogens (tertiary/aromatic N) is 2. The summed E-state index contributed by atoms with van der Waals surface area (Å²) in [4.78, 5) is 10.3. The lowest BCUT2D eigenvalue weighted by molar-refractivity contribution is 0.251. The van der Waals surface area contributed by atoms with E-state index in [1.807, 2.05) is 0 Å². The Morgan fingerprint density at radius 3 is 2.28 bits per heavy atom. The average molecular weight is 602 g/mol. The lowest BCUT2D eigenvalue weighted by Gasteiger charge is -2.11. The van der Waals surface area contributed by atoms with Crippen LogP contribution in [0.25, 0.3) is 10.8 Å². The van der Waals surface area contributed by atoms with E-state index in [4.69, 9.17) is 16.0 Å². The largest absolute Gasteiger partial charge is 0.399 e. The number of nitrogens with two attached hydrogens (primary N) is 2. The molecular formula is C21H23N5O10S3. The second-order valence-electron chi connectivity index (χ2n) is 7.45. The third-order valence-corrected chi connectivity index (χ3v) is 7.61. The number of rotatable bonds is 12. The summed E-state index contributed by atoms with van der Waals surface area (Å²) < 4.78 is 93.5. The summed E-state index contributed by atoms with van der Waals surface area (Å²) in [6, 6.07) is 4.64. The number of sulfone groups is 1. The molecule has 15 nitrogen and oxygen atoms in total. The number of hydrogen-bond donors (Lipinski definition) is 5. The smallest absolute Gasteiger partial charge is 0.397 e. The van der Waals surface area contributed by atoms with Gasteiger partial charge in [0.05, 0.1) is 23.0 Å². The van der Waals surface area contributed by atoms with Gasteiger partial charge in [-0.1, -0.05) is 31.4 Å². The molecule has 0 saturated heterocycles. The number of allylic oxidation sites excluding steroid dienone is 3. The van der Waals surface area contributed by atoms with Gasteiger partial charge >= 0.3 is 16.4 Å². The van der Waals surface area contributed by atoms with Crippen LogP contribution in [0.2, 0.25) is 0 Å². The number of hydrogen-bond acceptors (Lipinski definition) is 11. The van der Waals surface area contributed by atoms with Gasteiger partial charge in [0.15, 0.2) is 9.84 Å². The van der Waals surface area contributed by atoms with Crippen LogP contribution in [0.5, 0.6) is 0 Å². The fraction of sp³-hybridized carbons (Fsp3) is 0.0952. The molecular weight excluding hydrogens is 578 g/mol. The average Bonchev–Trinajstić information content (AvgIpc) is 2.78. The van der Waals surface area contributed by atoms with E-state index < -0.39 is 53.6 Å². The van der Waals surface area contributed by atoms with Crippen LogP contribution in [0.1, 0.15) is 0 Å². The van der Waals surface area contributed by atoms with E-state index in [-0.39, 0.29) is 38.4 Å². The van der Waals surface area contributed by atoms with Gasteiger partial charge in [-0.2, -0.15) is 16.8 Å². The third-order valence-electron chi connectivity index (χ3n) is 4.53. The summed E-state index contributed by atoms with van der Waals surface area (Å²) in [5.74, 6) is -0.821. The summed E-state index contributed by atoms with van der Waals surface area (Å²) in [7, 11) is -13.9. The number of carbonyl (C=O) groups is 1. The van der Waals surface area contributed by atoms with Gasteiger partial charge in [-0.15, -0.1) is 10.2 Å². The Morgan fingerprint density at radius 2 is 1.74 bits per heavy atom. The second kappa shape index (κ2) is 12.3. The fourth-order valence-electron chi connectivity index (χ4n) is 3.07. The van der Waals surface area contributed by atoms with Crippen LogP contribution in [0.4, 0.5) is 10.5 Å². The molecule has 2 aromatic rings. The van der Waals surface area contributed by atoms with Crippen LogP contribution in [-0.2, 0) is 34.5 Å². The number of azo groups is 1. The Hall–Kier alpha value is -3.94. The van der Waals surface area contributed by atoms with Gasteiger partial charge in [0.1, 0.15) is 16.3 Å². The molecule has 39 heavy (non-hydrogen) atoms. The lowest BCUT2D eigenvalue weighted by Crippen LogP contribution is -2.29. The molecule has 0 fully saturated rings. The van der Waals surface area contributed by atoms with Crippen molar-refractivity contribution in [2.24, 2.45) is 21.7 Å². The molecule has 0 bridgehead atoms. The molecule has 0 saturated carbocycles. The van der Waals surface area contributed by atoms with E-state index >= 15 is 0 Å². The zero-order valence-corrected chi connectivity index (χ0v) is 22.3.